The van der Waals surface area contributed by atoms with Crippen LogP contribution in [-0.4, -0.2) is 54.9 Å². The summed E-state index contributed by atoms with van der Waals surface area (Å²) < 4.78 is 5.36. The second kappa shape index (κ2) is 9.03. The number of aliphatic carboxylic acids is 1. The van der Waals surface area contributed by atoms with Crippen LogP contribution >= 0.6 is 11.8 Å². The summed E-state index contributed by atoms with van der Waals surface area (Å²) in [4.78, 5) is 22.4. The lowest BCUT2D eigenvalue weighted by Gasteiger charge is -2.14. The third kappa shape index (κ3) is 7.94. The maximum Gasteiger partial charge on any atom is 0.326 e. The Morgan fingerprint density at radius 2 is 2.21 bits per heavy atom. The third-order valence-corrected chi connectivity index (χ3v) is 3.44. The number of rotatable bonds is 10. The Morgan fingerprint density at radius 3 is 2.79 bits per heavy atom. The fourth-order valence-corrected chi connectivity index (χ4v) is 1.95. The summed E-state index contributed by atoms with van der Waals surface area (Å²) in [6, 6.07) is -1.29. The molecule has 0 aromatic rings. The van der Waals surface area contributed by atoms with Gasteiger partial charge >= 0.3 is 12.0 Å². The summed E-state index contributed by atoms with van der Waals surface area (Å²) >= 11 is 1.55. The highest BCUT2D eigenvalue weighted by atomic mass is 32.2. The SMILES string of the molecule is CSCC[C@@H](NC(=O)NCCOCC1CC1)C(=O)O. The van der Waals surface area contributed by atoms with Gasteiger partial charge in [-0.1, -0.05) is 0 Å². The fourth-order valence-electron chi connectivity index (χ4n) is 1.47. The lowest BCUT2D eigenvalue weighted by Crippen LogP contribution is -2.47. The maximum absolute atomic E-state index is 11.5. The van der Waals surface area contributed by atoms with E-state index in [-0.39, 0.29) is 0 Å². The van der Waals surface area contributed by atoms with Crippen molar-refractivity contribution in [1.29, 1.82) is 0 Å². The molecule has 1 aliphatic rings. The molecule has 3 N–H and O–H groups in total. The molecule has 0 aromatic carbocycles. The first-order valence-electron chi connectivity index (χ1n) is 6.47. The lowest BCUT2D eigenvalue weighted by atomic mass is 10.2. The molecule has 2 amide bonds. The number of carbonyl (C=O) groups excluding carboxylic acids is 1. The third-order valence-electron chi connectivity index (χ3n) is 2.80. The molecule has 0 aliphatic heterocycles. The predicted molar refractivity (Wildman–Crippen MR) is 74.5 cm³/mol. The highest BCUT2D eigenvalue weighted by Gasteiger charge is 2.21. The Labute approximate surface area is 117 Å². The molecule has 1 atom stereocenters. The van der Waals surface area contributed by atoms with E-state index < -0.39 is 18.0 Å². The number of carbonyl (C=O) groups is 2. The summed E-state index contributed by atoms with van der Waals surface area (Å²) in [5.41, 5.74) is 0. The molecule has 0 saturated heterocycles. The first-order chi connectivity index (χ1) is 9.13. The van der Waals surface area contributed by atoms with Crippen molar-refractivity contribution in [2.45, 2.75) is 25.3 Å². The zero-order chi connectivity index (χ0) is 14.1. The Hall–Kier alpha value is -0.950. The van der Waals surface area contributed by atoms with Gasteiger partial charge in [-0.05, 0) is 37.2 Å². The Morgan fingerprint density at radius 1 is 1.47 bits per heavy atom. The number of hydrogen-bond donors (Lipinski definition) is 3. The van der Waals surface area contributed by atoms with Gasteiger partial charge in [0.1, 0.15) is 6.04 Å². The van der Waals surface area contributed by atoms with Crippen molar-refractivity contribution in [3.8, 4) is 0 Å². The van der Waals surface area contributed by atoms with Crippen molar-refractivity contribution in [3.05, 3.63) is 0 Å². The monoisotopic (exact) mass is 290 g/mol. The van der Waals surface area contributed by atoms with Gasteiger partial charge in [-0.25, -0.2) is 9.59 Å². The van der Waals surface area contributed by atoms with Crippen molar-refractivity contribution in [2.24, 2.45) is 5.92 Å². The molecule has 6 nitrogen and oxygen atoms in total. The zero-order valence-electron chi connectivity index (χ0n) is 11.2. The van der Waals surface area contributed by atoms with E-state index >= 15 is 0 Å². The van der Waals surface area contributed by atoms with Gasteiger partial charge in [-0.15, -0.1) is 0 Å². The van der Waals surface area contributed by atoms with Crippen LogP contribution in [0.4, 0.5) is 4.79 Å². The van der Waals surface area contributed by atoms with Crippen LogP contribution in [0.15, 0.2) is 0 Å². The van der Waals surface area contributed by atoms with Crippen LogP contribution in [0, 0.1) is 5.92 Å². The number of nitrogens with one attached hydrogen (secondary N) is 2. The Kier molecular flexibility index (Phi) is 7.66. The zero-order valence-corrected chi connectivity index (χ0v) is 12.0. The lowest BCUT2D eigenvalue weighted by molar-refractivity contribution is -0.139. The molecule has 0 heterocycles. The van der Waals surface area contributed by atoms with Crippen molar-refractivity contribution in [2.75, 3.05) is 31.8 Å². The maximum atomic E-state index is 11.5. The molecular weight excluding hydrogens is 268 g/mol. The van der Waals surface area contributed by atoms with Gasteiger partial charge in [0.25, 0.3) is 0 Å². The number of carboxylic acid groups (broad SMARTS) is 1. The highest BCUT2D eigenvalue weighted by Crippen LogP contribution is 2.28. The molecule has 1 aliphatic carbocycles. The van der Waals surface area contributed by atoms with Gasteiger partial charge in [-0.2, -0.15) is 11.8 Å². The van der Waals surface area contributed by atoms with Gasteiger partial charge in [0, 0.05) is 13.2 Å². The van der Waals surface area contributed by atoms with E-state index in [1.807, 2.05) is 6.26 Å². The molecular formula is C12H22N2O4S. The summed E-state index contributed by atoms with van der Waals surface area (Å²) in [5, 5.41) is 14.0. The molecule has 0 aromatic heterocycles. The minimum atomic E-state index is -1.01. The van der Waals surface area contributed by atoms with Crippen molar-refractivity contribution >= 4 is 23.8 Å². The second-order valence-corrected chi connectivity index (χ2v) is 5.58. The summed E-state index contributed by atoms with van der Waals surface area (Å²) in [6.45, 7) is 1.62. The second-order valence-electron chi connectivity index (χ2n) is 4.59. The van der Waals surface area contributed by atoms with Crippen molar-refractivity contribution < 1.29 is 19.4 Å². The topological polar surface area (TPSA) is 87.7 Å². The quantitative estimate of drug-likeness (QED) is 0.521. The number of thioether (sulfide) groups is 1. The van der Waals surface area contributed by atoms with Gasteiger partial charge in [0.05, 0.1) is 6.61 Å². The minimum absolute atomic E-state index is 0.396. The van der Waals surface area contributed by atoms with Crippen molar-refractivity contribution in [1.82, 2.24) is 10.6 Å². The van der Waals surface area contributed by atoms with Crippen LogP contribution in [0.3, 0.4) is 0 Å². The first-order valence-corrected chi connectivity index (χ1v) is 7.86. The van der Waals surface area contributed by atoms with Gasteiger partial charge < -0.3 is 20.5 Å². The number of amides is 2. The van der Waals surface area contributed by atoms with Crippen molar-refractivity contribution in [3.63, 3.8) is 0 Å². The smallest absolute Gasteiger partial charge is 0.326 e. The van der Waals surface area contributed by atoms with Crippen LogP contribution in [0.25, 0.3) is 0 Å². The number of ether oxygens (including phenoxy) is 1. The molecule has 0 radical (unpaired) electrons. The van der Waals surface area contributed by atoms with E-state index in [1.54, 1.807) is 11.8 Å². The van der Waals surface area contributed by atoms with E-state index in [0.717, 1.165) is 6.61 Å². The van der Waals surface area contributed by atoms with E-state index in [9.17, 15) is 9.59 Å². The van der Waals surface area contributed by atoms with Gasteiger partial charge in [0.2, 0.25) is 0 Å². The van der Waals surface area contributed by atoms with Crippen LogP contribution in [0.5, 0.6) is 0 Å². The van der Waals surface area contributed by atoms with E-state index in [0.29, 0.717) is 31.2 Å². The van der Waals surface area contributed by atoms with Crippen LogP contribution in [0.1, 0.15) is 19.3 Å². The van der Waals surface area contributed by atoms with Crippen LogP contribution < -0.4 is 10.6 Å². The normalized spacial score (nSPS) is 15.8. The summed E-state index contributed by atoms with van der Waals surface area (Å²) in [7, 11) is 0. The standard InChI is InChI=1S/C12H22N2O4S/c1-19-7-4-10(11(15)16)14-12(17)13-5-6-18-8-9-2-3-9/h9-10H,2-8H2,1H3,(H,15,16)(H2,13,14,17)/t10-/m1/s1. The highest BCUT2D eigenvalue weighted by molar-refractivity contribution is 7.98. The Balaban J connectivity index is 2.06. The number of carboxylic acids is 1. The van der Waals surface area contributed by atoms with Gasteiger partial charge in [0.15, 0.2) is 0 Å². The molecule has 0 spiro atoms. The van der Waals surface area contributed by atoms with E-state index in [1.165, 1.54) is 12.8 Å². The minimum Gasteiger partial charge on any atom is -0.480 e. The fraction of sp³-hybridized carbons (Fsp3) is 0.833. The molecule has 0 bridgehead atoms. The number of hydrogen-bond acceptors (Lipinski definition) is 4. The average molecular weight is 290 g/mol. The molecule has 19 heavy (non-hydrogen) atoms. The number of urea groups is 1. The molecule has 7 heteroatoms. The molecule has 1 rings (SSSR count). The first kappa shape index (κ1) is 16.1. The summed E-state index contributed by atoms with van der Waals surface area (Å²) in [6.07, 6.45) is 4.80. The summed E-state index contributed by atoms with van der Waals surface area (Å²) in [5.74, 6) is 0.396. The molecule has 1 fully saturated rings. The average Bonchev–Trinajstić information content (AvgIpc) is 3.17. The molecule has 1 saturated carbocycles. The Bertz CT molecular complexity index is 297. The van der Waals surface area contributed by atoms with Gasteiger partial charge in [-0.3, -0.25) is 0 Å². The van der Waals surface area contributed by atoms with Crippen LogP contribution in [0.2, 0.25) is 0 Å². The predicted octanol–water partition coefficient (Wildman–Crippen LogP) is 0.918. The van der Waals surface area contributed by atoms with E-state index in [2.05, 4.69) is 10.6 Å². The van der Waals surface area contributed by atoms with E-state index in [4.69, 9.17) is 9.84 Å². The molecule has 0 unspecified atom stereocenters. The van der Waals surface area contributed by atoms with Crippen LogP contribution in [-0.2, 0) is 9.53 Å². The largest absolute Gasteiger partial charge is 0.480 e. The molecule has 110 valence electrons.